The Morgan fingerprint density at radius 3 is 1.94 bits per heavy atom. The van der Waals surface area contributed by atoms with E-state index in [0.29, 0.717) is 34.8 Å². The molecule has 6 rings (SSSR count). The predicted molar refractivity (Wildman–Crippen MR) is 230 cm³/mol. The predicted octanol–water partition coefficient (Wildman–Crippen LogP) is 14.1. The van der Waals surface area contributed by atoms with Crippen LogP contribution >= 0.6 is 0 Å². The maximum atomic E-state index is 7.05. The molecule has 2 heteroatoms. The maximum Gasteiger partial charge on any atom is 0.122 e. The molecule has 0 amide bonds. The van der Waals surface area contributed by atoms with E-state index in [0.717, 1.165) is 0 Å². The molecule has 0 N–H and O–H groups in total. The number of rotatable bonds is 7. The molecule has 5 aliphatic carbocycles. The SMILES string of the molecule is C=CCOc1c(C(C)(C)C)cc(C(C)(C)C)cc1[Si](CC)(CC)C1C2=C(CCC(C)(C)C2)C2=C3C(=C4CCC(C)(C)CC4C21)C(C)(C)C=CC3(C)C. The molecule has 1 nitrogen and oxygen atoms in total. The Hall–Kier alpha value is -2.06. The van der Waals surface area contributed by atoms with E-state index < -0.39 is 8.07 Å². The van der Waals surface area contributed by atoms with Crippen LogP contribution in [0.1, 0.15) is 160 Å². The molecule has 0 bridgehead atoms. The molecule has 1 fully saturated rings. The summed E-state index contributed by atoms with van der Waals surface area (Å²) in [6, 6.07) is 7.68. The summed E-state index contributed by atoms with van der Waals surface area (Å²) in [7, 11) is -2.33. The van der Waals surface area contributed by atoms with Crippen molar-refractivity contribution in [2.45, 2.75) is 178 Å². The largest absolute Gasteiger partial charge is 0.489 e. The summed E-state index contributed by atoms with van der Waals surface area (Å²) in [4.78, 5) is 0. The minimum Gasteiger partial charge on any atom is -0.489 e. The van der Waals surface area contributed by atoms with Gasteiger partial charge in [-0.2, -0.15) is 0 Å². The molecule has 3 unspecified atom stereocenters. The average molecular weight is 721 g/mol. The average Bonchev–Trinajstić information content (AvgIpc) is 3.35. The molecule has 5 aliphatic rings. The molecular formula is C50H76OSi. The summed E-state index contributed by atoms with van der Waals surface area (Å²) in [6.07, 6.45) is 14.8. The van der Waals surface area contributed by atoms with E-state index in [1.54, 1.807) is 21.9 Å². The Kier molecular flexibility index (Phi) is 9.71. The fraction of sp³-hybridized carbons (Fsp3) is 0.680. The van der Waals surface area contributed by atoms with Gasteiger partial charge in [0.25, 0.3) is 0 Å². The fourth-order valence-electron chi connectivity index (χ4n) is 11.9. The second-order valence-corrected chi connectivity index (χ2v) is 27.5. The second kappa shape index (κ2) is 12.7. The summed E-state index contributed by atoms with van der Waals surface area (Å²) in [5.41, 5.74) is 15.0. The van der Waals surface area contributed by atoms with Crippen LogP contribution in [0.4, 0.5) is 0 Å². The minimum absolute atomic E-state index is 0.0236. The highest BCUT2D eigenvalue weighted by molar-refractivity contribution is 6.94. The maximum absolute atomic E-state index is 7.05. The number of benzene rings is 1. The Bertz CT molecular complexity index is 1750. The van der Waals surface area contributed by atoms with Crippen LogP contribution in [0.15, 0.2) is 70.4 Å². The van der Waals surface area contributed by atoms with Gasteiger partial charge in [0.15, 0.2) is 0 Å². The zero-order valence-corrected chi connectivity index (χ0v) is 37.6. The smallest absolute Gasteiger partial charge is 0.122 e. The number of ether oxygens (including phenoxy) is 1. The molecular weight excluding hydrogens is 645 g/mol. The van der Waals surface area contributed by atoms with Crippen LogP contribution in [-0.2, 0) is 10.8 Å². The summed E-state index contributed by atoms with van der Waals surface area (Å²) >= 11 is 0. The molecule has 1 saturated carbocycles. The summed E-state index contributed by atoms with van der Waals surface area (Å²) < 4.78 is 7.05. The zero-order valence-electron chi connectivity index (χ0n) is 36.6. The van der Waals surface area contributed by atoms with E-state index in [4.69, 9.17) is 4.74 Å². The van der Waals surface area contributed by atoms with Crippen molar-refractivity contribution < 1.29 is 4.74 Å². The van der Waals surface area contributed by atoms with Crippen molar-refractivity contribution in [2.75, 3.05) is 6.61 Å². The van der Waals surface area contributed by atoms with E-state index in [2.05, 4.69) is 142 Å². The van der Waals surface area contributed by atoms with Crippen molar-refractivity contribution >= 4 is 13.3 Å². The van der Waals surface area contributed by atoms with Gasteiger partial charge in [0.1, 0.15) is 12.4 Å². The van der Waals surface area contributed by atoms with Crippen molar-refractivity contribution in [3.63, 3.8) is 0 Å². The molecule has 286 valence electrons. The minimum atomic E-state index is -2.33. The number of hydrogen-bond donors (Lipinski definition) is 0. The van der Waals surface area contributed by atoms with Gasteiger partial charge in [-0.15, -0.1) is 0 Å². The third-order valence-electron chi connectivity index (χ3n) is 14.8. The van der Waals surface area contributed by atoms with Crippen LogP contribution in [0.3, 0.4) is 0 Å². The van der Waals surface area contributed by atoms with Crippen LogP contribution < -0.4 is 9.92 Å². The summed E-state index contributed by atoms with van der Waals surface area (Å²) in [6.45, 7) is 44.7. The van der Waals surface area contributed by atoms with E-state index in [-0.39, 0.29) is 21.7 Å². The molecule has 0 aromatic heterocycles. The monoisotopic (exact) mass is 721 g/mol. The fourth-order valence-corrected chi connectivity index (χ4v) is 17.5. The number of hydrogen-bond acceptors (Lipinski definition) is 1. The van der Waals surface area contributed by atoms with Crippen molar-refractivity contribution in [1.29, 1.82) is 0 Å². The normalized spacial score (nSPS) is 27.6. The lowest BCUT2D eigenvalue weighted by molar-refractivity contribution is 0.185. The van der Waals surface area contributed by atoms with E-state index in [1.807, 2.05) is 22.8 Å². The van der Waals surface area contributed by atoms with Gasteiger partial charge in [-0.05, 0) is 116 Å². The Morgan fingerprint density at radius 2 is 1.38 bits per heavy atom. The number of allylic oxidation sites excluding steroid dienone is 8. The van der Waals surface area contributed by atoms with Crippen LogP contribution in [0.25, 0.3) is 0 Å². The van der Waals surface area contributed by atoms with E-state index in [1.165, 1.54) is 67.5 Å². The molecule has 0 spiro atoms. The van der Waals surface area contributed by atoms with Crippen LogP contribution in [0.2, 0.25) is 17.6 Å². The van der Waals surface area contributed by atoms with Gasteiger partial charge in [0, 0.05) is 10.8 Å². The van der Waals surface area contributed by atoms with Crippen molar-refractivity contribution in [2.24, 2.45) is 33.5 Å². The van der Waals surface area contributed by atoms with E-state index >= 15 is 0 Å². The van der Waals surface area contributed by atoms with E-state index in [9.17, 15) is 0 Å². The molecule has 1 aromatic rings. The second-order valence-electron chi connectivity index (χ2n) is 22.7. The molecule has 1 aromatic carbocycles. The third-order valence-corrected chi connectivity index (χ3v) is 20.6. The van der Waals surface area contributed by atoms with Gasteiger partial charge in [-0.25, -0.2) is 0 Å². The first-order chi connectivity index (χ1) is 23.9. The molecule has 0 radical (unpaired) electrons. The highest BCUT2D eigenvalue weighted by Gasteiger charge is 2.61. The van der Waals surface area contributed by atoms with Gasteiger partial charge in [0.2, 0.25) is 0 Å². The molecule has 0 aliphatic heterocycles. The quantitative estimate of drug-likeness (QED) is 0.201. The third kappa shape index (κ3) is 6.35. The van der Waals surface area contributed by atoms with Crippen molar-refractivity contribution in [1.82, 2.24) is 0 Å². The van der Waals surface area contributed by atoms with Crippen LogP contribution in [0.5, 0.6) is 5.75 Å². The molecule has 0 saturated heterocycles. The molecule has 0 heterocycles. The molecule has 3 atom stereocenters. The Morgan fingerprint density at radius 1 is 0.788 bits per heavy atom. The first kappa shape index (κ1) is 39.6. The number of fused-ring (bicyclic) bond motifs is 5. The first-order valence-electron chi connectivity index (χ1n) is 21.2. The highest BCUT2D eigenvalue weighted by Crippen LogP contribution is 2.70. The van der Waals surface area contributed by atoms with Gasteiger partial charge >= 0.3 is 0 Å². The van der Waals surface area contributed by atoms with Gasteiger partial charge in [0.05, 0.1) is 8.07 Å². The standard InChI is InChI=1S/C50H76OSi/c1-18-27-51-43-37(46(7,8)9)28-32(45(4,5)6)29-38(43)52(19-2,20-3)44-36-31-48(12,13)23-21-33(36)39-40(44)35-30-47(10,11)24-22-34(35)41-42(39)50(16,17)26-25-49(41,14)15/h18,25-26,28-29,35,40,44H,1,19-24,27,30-31H2,2-17H3. The Balaban J connectivity index is 1.77. The van der Waals surface area contributed by atoms with Crippen LogP contribution in [0, 0.1) is 33.5 Å². The first-order valence-corrected chi connectivity index (χ1v) is 23.7. The lowest BCUT2D eigenvalue weighted by atomic mass is 9.52. The van der Waals surface area contributed by atoms with Gasteiger partial charge in [-0.3, -0.25) is 0 Å². The molecule has 52 heavy (non-hydrogen) atoms. The Labute approximate surface area is 322 Å². The van der Waals surface area contributed by atoms with Crippen molar-refractivity contribution in [3.05, 3.63) is 81.5 Å². The lowest BCUT2D eigenvalue weighted by Gasteiger charge is -2.54. The zero-order chi connectivity index (χ0) is 38.6. The highest BCUT2D eigenvalue weighted by atomic mass is 28.3. The summed E-state index contributed by atoms with van der Waals surface area (Å²) in [5, 5.41) is 1.61. The van der Waals surface area contributed by atoms with Gasteiger partial charge < -0.3 is 4.74 Å². The van der Waals surface area contributed by atoms with Gasteiger partial charge in [-0.1, -0.05) is 171 Å². The summed E-state index contributed by atoms with van der Waals surface area (Å²) in [5.74, 6) is 2.37. The topological polar surface area (TPSA) is 9.23 Å². The van der Waals surface area contributed by atoms with Crippen LogP contribution in [-0.4, -0.2) is 14.7 Å². The lowest BCUT2D eigenvalue weighted by Crippen LogP contribution is -2.56. The van der Waals surface area contributed by atoms with Crippen molar-refractivity contribution in [3.8, 4) is 5.75 Å².